The lowest BCUT2D eigenvalue weighted by atomic mass is 10.3. The van der Waals surface area contributed by atoms with Crippen molar-refractivity contribution in [2.24, 2.45) is 0 Å². The summed E-state index contributed by atoms with van der Waals surface area (Å²) in [6.45, 7) is 7.33. The molecule has 0 amide bonds. The Morgan fingerprint density at radius 2 is 2.56 bits per heavy atom. The van der Waals surface area contributed by atoms with E-state index in [1.807, 2.05) is 5.38 Å². The Hall–Kier alpha value is -0.890. The SMILES string of the molecule is C=CC(=C)c1nccs1. The van der Waals surface area contributed by atoms with Crippen molar-refractivity contribution in [2.75, 3.05) is 0 Å². The predicted molar refractivity (Wildman–Crippen MR) is 41.3 cm³/mol. The van der Waals surface area contributed by atoms with Gasteiger partial charge < -0.3 is 0 Å². The Kier molecular flexibility index (Phi) is 1.80. The van der Waals surface area contributed by atoms with E-state index in [0.717, 1.165) is 10.6 Å². The van der Waals surface area contributed by atoms with E-state index < -0.39 is 0 Å². The normalized spacial score (nSPS) is 8.89. The first-order chi connectivity index (χ1) is 4.34. The van der Waals surface area contributed by atoms with E-state index in [2.05, 4.69) is 18.1 Å². The molecule has 2 heteroatoms. The fourth-order valence-corrected chi connectivity index (χ4v) is 1.08. The van der Waals surface area contributed by atoms with Crippen molar-refractivity contribution in [3.05, 3.63) is 35.8 Å². The van der Waals surface area contributed by atoms with Gasteiger partial charge in [-0.25, -0.2) is 4.98 Å². The maximum atomic E-state index is 4.03. The number of nitrogens with zero attached hydrogens (tertiary/aromatic N) is 1. The summed E-state index contributed by atoms with van der Waals surface area (Å²) < 4.78 is 0. The van der Waals surface area contributed by atoms with Gasteiger partial charge in [0.05, 0.1) is 0 Å². The average molecular weight is 137 g/mol. The van der Waals surface area contributed by atoms with Gasteiger partial charge in [-0.1, -0.05) is 19.2 Å². The Labute approximate surface area is 58.4 Å². The van der Waals surface area contributed by atoms with E-state index in [4.69, 9.17) is 0 Å². The van der Waals surface area contributed by atoms with E-state index in [1.165, 1.54) is 0 Å². The highest BCUT2D eigenvalue weighted by atomic mass is 32.1. The lowest BCUT2D eigenvalue weighted by Gasteiger charge is -1.87. The molecule has 0 fully saturated rings. The van der Waals surface area contributed by atoms with Gasteiger partial charge in [0.15, 0.2) is 0 Å². The van der Waals surface area contributed by atoms with Crippen LogP contribution in [0.4, 0.5) is 0 Å². The van der Waals surface area contributed by atoms with E-state index in [1.54, 1.807) is 23.6 Å². The van der Waals surface area contributed by atoms with Gasteiger partial charge in [-0.2, -0.15) is 0 Å². The molecule has 1 nitrogen and oxygen atoms in total. The summed E-state index contributed by atoms with van der Waals surface area (Å²) in [4.78, 5) is 4.03. The first kappa shape index (κ1) is 6.23. The fraction of sp³-hybridized carbons (Fsp3) is 0. The molecule has 0 aliphatic rings. The quantitative estimate of drug-likeness (QED) is 0.570. The number of rotatable bonds is 2. The molecule has 0 bridgehead atoms. The summed E-state index contributed by atoms with van der Waals surface area (Å²) in [6, 6.07) is 0. The molecular formula is C7H7NS. The molecule has 0 saturated heterocycles. The van der Waals surface area contributed by atoms with Gasteiger partial charge in [-0.3, -0.25) is 0 Å². The van der Waals surface area contributed by atoms with Gasteiger partial charge in [-0.15, -0.1) is 11.3 Å². The zero-order chi connectivity index (χ0) is 6.69. The Morgan fingerprint density at radius 1 is 1.78 bits per heavy atom. The standard InChI is InChI=1S/C7H7NS/c1-3-6(2)7-8-4-5-9-7/h3-5H,1-2H2. The molecule has 1 aromatic heterocycles. The van der Waals surface area contributed by atoms with Gasteiger partial charge in [0, 0.05) is 17.2 Å². The van der Waals surface area contributed by atoms with Crippen molar-refractivity contribution in [1.82, 2.24) is 4.98 Å². The molecule has 1 heterocycles. The molecule has 46 valence electrons. The molecule has 1 aromatic rings. The van der Waals surface area contributed by atoms with E-state index in [0.29, 0.717) is 0 Å². The second-order valence-corrected chi connectivity index (χ2v) is 2.46. The van der Waals surface area contributed by atoms with Crippen molar-refractivity contribution >= 4 is 16.9 Å². The lowest BCUT2D eigenvalue weighted by molar-refractivity contribution is 1.38. The van der Waals surface area contributed by atoms with Crippen LogP contribution < -0.4 is 0 Å². The second-order valence-electron chi connectivity index (χ2n) is 1.57. The lowest BCUT2D eigenvalue weighted by Crippen LogP contribution is -1.71. The largest absolute Gasteiger partial charge is 0.245 e. The van der Waals surface area contributed by atoms with Crippen molar-refractivity contribution in [3.8, 4) is 0 Å². The summed E-state index contributed by atoms with van der Waals surface area (Å²) in [7, 11) is 0. The number of thiazole rings is 1. The highest BCUT2D eigenvalue weighted by Gasteiger charge is 1.93. The molecule has 1 rings (SSSR count). The van der Waals surface area contributed by atoms with Crippen molar-refractivity contribution in [2.45, 2.75) is 0 Å². The number of hydrogen-bond donors (Lipinski definition) is 0. The van der Waals surface area contributed by atoms with Crippen molar-refractivity contribution in [3.63, 3.8) is 0 Å². The number of aromatic nitrogens is 1. The van der Waals surface area contributed by atoms with Crippen LogP contribution in [0.1, 0.15) is 5.01 Å². The molecule has 0 radical (unpaired) electrons. The van der Waals surface area contributed by atoms with Crippen LogP contribution in [0.25, 0.3) is 5.57 Å². The fourth-order valence-electron chi connectivity index (χ4n) is 0.469. The van der Waals surface area contributed by atoms with E-state index in [9.17, 15) is 0 Å². The van der Waals surface area contributed by atoms with Crippen LogP contribution in [0, 0.1) is 0 Å². The molecule has 0 aromatic carbocycles. The van der Waals surface area contributed by atoms with Crippen LogP contribution in [0.5, 0.6) is 0 Å². The highest BCUT2D eigenvalue weighted by Crippen LogP contribution is 2.14. The summed E-state index contributed by atoms with van der Waals surface area (Å²) in [5.74, 6) is 0. The Balaban J connectivity index is 2.89. The molecule has 0 aliphatic heterocycles. The predicted octanol–water partition coefficient (Wildman–Crippen LogP) is 2.34. The van der Waals surface area contributed by atoms with Crippen LogP contribution in [-0.2, 0) is 0 Å². The van der Waals surface area contributed by atoms with E-state index >= 15 is 0 Å². The van der Waals surface area contributed by atoms with Gasteiger partial charge in [0.1, 0.15) is 5.01 Å². The molecule has 9 heavy (non-hydrogen) atoms. The third-order valence-electron chi connectivity index (χ3n) is 0.953. The van der Waals surface area contributed by atoms with Gasteiger partial charge >= 0.3 is 0 Å². The molecule has 0 saturated carbocycles. The third kappa shape index (κ3) is 1.27. The summed E-state index contributed by atoms with van der Waals surface area (Å²) >= 11 is 1.57. The molecule has 0 N–H and O–H groups in total. The Bertz CT molecular complexity index is 211. The van der Waals surface area contributed by atoms with Gasteiger partial charge in [-0.05, 0) is 0 Å². The minimum atomic E-state index is 0.894. The van der Waals surface area contributed by atoms with Gasteiger partial charge in [0.25, 0.3) is 0 Å². The molecule has 0 unspecified atom stereocenters. The smallest absolute Gasteiger partial charge is 0.122 e. The summed E-state index contributed by atoms with van der Waals surface area (Å²) in [5, 5.41) is 2.87. The maximum absolute atomic E-state index is 4.03. The van der Waals surface area contributed by atoms with Crippen LogP contribution in [0.2, 0.25) is 0 Å². The monoisotopic (exact) mass is 137 g/mol. The Morgan fingerprint density at radius 3 is 3.00 bits per heavy atom. The van der Waals surface area contributed by atoms with Crippen molar-refractivity contribution in [1.29, 1.82) is 0 Å². The molecule has 0 aliphatic carbocycles. The van der Waals surface area contributed by atoms with E-state index in [-0.39, 0.29) is 0 Å². The first-order valence-electron chi connectivity index (χ1n) is 2.56. The summed E-state index contributed by atoms with van der Waals surface area (Å²) in [6.07, 6.45) is 3.47. The van der Waals surface area contributed by atoms with Gasteiger partial charge in [0.2, 0.25) is 0 Å². The minimum Gasteiger partial charge on any atom is -0.245 e. The zero-order valence-electron chi connectivity index (χ0n) is 5.00. The highest BCUT2D eigenvalue weighted by molar-refractivity contribution is 7.10. The first-order valence-corrected chi connectivity index (χ1v) is 3.44. The average Bonchev–Trinajstić information content (AvgIpc) is 2.37. The topological polar surface area (TPSA) is 12.9 Å². The number of allylic oxidation sites excluding steroid dienone is 2. The minimum absolute atomic E-state index is 0.894. The third-order valence-corrected chi connectivity index (χ3v) is 1.80. The van der Waals surface area contributed by atoms with Crippen LogP contribution in [0.15, 0.2) is 30.8 Å². The molecule has 0 atom stereocenters. The molecular weight excluding hydrogens is 130 g/mol. The summed E-state index contributed by atoms with van der Waals surface area (Å²) in [5.41, 5.74) is 0.894. The zero-order valence-corrected chi connectivity index (χ0v) is 5.82. The second kappa shape index (κ2) is 2.60. The van der Waals surface area contributed by atoms with Crippen LogP contribution in [-0.4, -0.2) is 4.98 Å². The number of hydrogen-bond acceptors (Lipinski definition) is 2. The van der Waals surface area contributed by atoms with Crippen LogP contribution in [0.3, 0.4) is 0 Å². The molecule has 0 spiro atoms. The van der Waals surface area contributed by atoms with Crippen molar-refractivity contribution < 1.29 is 0 Å². The van der Waals surface area contributed by atoms with Crippen LogP contribution >= 0.6 is 11.3 Å². The maximum Gasteiger partial charge on any atom is 0.122 e.